The van der Waals surface area contributed by atoms with Gasteiger partial charge in [-0.15, -0.1) is 0 Å². The van der Waals surface area contributed by atoms with E-state index in [9.17, 15) is 22.0 Å². The lowest BCUT2D eigenvalue weighted by Crippen LogP contribution is -2.33. The first-order valence-corrected chi connectivity index (χ1v) is 4.58. The minimum absolute atomic E-state index is 0.137. The highest BCUT2D eigenvalue weighted by Crippen LogP contribution is 2.43. The van der Waals surface area contributed by atoms with Crippen molar-refractivity contribution in [2.75, 3.05) is 7.05 Å². The maximum absolute atomic E-state index is 13.0. The van der Waals surface area contributed by atoms with Crippen molar-refractivity contribution in [2.45, 2.75) is 18.6 Å². The molecule has 0 aromatic heterocycles. The number of hydroxylamine groups is 2. The van der Waals surface area contributed by atoms with Gasteiger partial charge < -0.3 is 5.21 Å². The summed E-state index contributed by atoms with van der Waals surface area (Å²) in [6.45, 7) is -0.137. The van der Waals surface area contributed by atoms with Gasteiger partial charge in [-0.2, -0.15) is 27.0 Å². The summed E-state index contributed by atoms with van der Waals surface area (Å²) in [7, 11) is 1.26. The molecule has 0 aliphatic heterocycles. The lowest BCUT2D eigenvalue weighted by Gasteiger charge is -2.20. The van der Waals surface area contributed by atoms with Gasteiger partial charge in [-0.05, 0) is 11.6 Å². The topological polar surface area (TPSA) is 23.5 Å². The minimum Gasteiger partial charge on any atom is -0.314 e. The van der Waals surface area contributed by atoms with Gasteiger partial charge in [0.2, 0.25) is 0 Å². The van der Waals surface area contributed by atoms with Crippen LogP contribution >= 0.6 is 0 Å². The number of benzene rings is 1. The zero-order valence-corrected chi connectivity index (χ0v) is 8.80. The van der Waals surface area contributed by atoms with Crippen LogP contribution in [-0.4, -0.2) is 23.5 Å². The van der Waals surface area contributed by atoms with E-state index in [4.69, 9.17) is 5.21 Å². The number of rotatable bonds is 3. The van der Waals surface area contributed by atoms with E-state index < -0.39 is 17.7 Å². The number of halogens is 5. The zero-order valence-electron chi connectivity index (χ0n) is 8.80. The Morgan fingerprint density at radius 3 is 2.24 bits per heavy atom. The third-order valence-electron chi connectivity index (χ3n) is 2.06. The first-order valence-electron chi connectivity index (χ1n) is 4.58. The van der Waals surface area contributed by atoms with Gasteiger partial charge in [0.05, 0.1) is 0 Å². The van der Waals surface area contributed by atoms with Gasteiger partial charge in [-0.1, -0.05) is 18.2 Å². The summed E-state index contributed by atoms with van der Waals surface area (Å²) in [6, 6.07) is 3.87. The van der Waals surface area contributed by atoms with E-state index in [0.717, 1.165) is 12.1 Å². The molecular formula is C10H10F5NO. The molecule has 0 radical (unpaired) electrons. The van der Waals surface area contributed by atoms with E-state index in [1.165, 1.54) is 13.1 Å². The Kier molecular flexibility index (Phi) is 3.73. The average Bonchev–Trinajstić information content (AvgIpc) is 2.15. The van der Waals surface area contributed by atoms with Crippen molar-refractivity contribution in [2.24, 2.45) is 0 Å². The lowest BCUT2D eigenvalue weighted by molar-refractivity contribution is -0.289. The van der Waals surface area contributed by atoms with Crippen LogP contribution in [0.1, 0.15) is 11.1 Å². The first-order chi connectivity index (χ1) is 7.64. The highest BCUT2D eigenvalue weighted by Gasteiger charge is 2.58. The second-order valence-corrected chi connectivity index (χ2v) is 3.59. The molecule has 0 spiro atoms. The molecule has 0 fully saturated rings. The SMILES string of the molecule is CN(O)Cc1cccc(C(F)(F)C(F)(F)F)c1. The maximum Gasteiger partial charge on any atom is 0.458 e. The van der Waals surface area contributed by atoms with Crippen molar-refractivity contribution >= 4 is 0 Å². The molecule has 17 heavy (non-hydrogen) atoms. The number of hydrogen-bond acceptors (Lipinski definition) is 2. The average molecular weight is 255 g/mol. The summed E-state index contributed by atoms with van der Waals surface area (Å²) in [6.07, 6.45) is -5.63. The number of alkyl halides is 5. The maximum atomic E-state index is 13.0. The Balaban J connectivity index is 3.07. The molecule has 96 valence electrons. The molecule has 0 bridgehead atoms. The Labute approximate surface area is 94.2 Å². The molecule has 0 heterocycles. The van der Waals surface area contributed by atoms with E-state index in [1.807, 2.05) is 0 Å². The van der Waals surface area contributed by atoms with Gasteiger partial charge in [0.25, 0.3) is 0 Å². The third-order valence-corrected chi connectivity index (χ3v) is 2.06. The second kappa shape index (κ2) is 4.58. The molecule has 1 rings (SSSR count). The van der Waals surface area contributed by atoms with E-state index in [2.05, 4.69) is 0 Å². The summed E-state index contributed by atoms with van der Waals surface area (Å²) in [5, 5.41) is 9.57. The van der Waals surface area contributed by atoms with Gasteiger partial charge in [-0.25, -0.2) is 0 Å². The van der Waals surface area contributed by atoms with E-state index in [-0.39, 0.29) is 12.1 Å². The monoisotopic (exact) mass is 255 g/mol. The molecule has 7 heteroatoms. The zero-order chi connectivity index (χ0) is 13.3. The van der Waals surface area contributed by atoms with Gasteiger partial charge in [0.15, 0.2) is 0 Å². The van der Waals surface area contributed by atoms with Crippen LogP contribution in [0.3, 0.4) is 0 Å². The van der Waals surface area contributed by atoms with Gasteiger partial charge in [0, 0.05) is 19.2 Å². The molecule has 0 unspecified atom stereocenters. The molecule has 0 atom stereocenters. The summed E-state index contributed by atoms with van der Waals surface area (Å²) in [5.41, 5.74) is -0.972. The summed E-state index contributed by atoms with van der Waals surface area (Å²) in [5.74, 6) is -4.89. The predicted molar refractivity (Wildman–Crippen MR) is 49.6 cm³/mol. The van der Waals surface area contributed by atoms with Crippen LogP contribution in [0.5, 0.6) is 0 Å². The van der Waals surface area contributed by atoms with Crippen molar-refractivity contribution in [1.82, 2.24) is 5.06 Å². The minimum atomic E-state index is -5.63. The summed E-state index contributed by atoms with van der Waals surface area (Å²) >= 11 is 0. The smallest absolute Gasteiger partial charge is 0.314 e. The number of hydrogen-bond donors (Lipinski definition) is 1. The van der Waals surface area contributed by atoms with Gasteiger partial charge >= 0.3 is 12.1 Å². The Morgan fingerprint density at radius 1 is 1.18 bits per heavy atom. The van der Waals surface area contributed by atoms with Crippen LogP contribution < -0.4 is 0 Å². The second-order valence-electron chi connectivity index (χ2n) is 3.59. The van der Waals surface area contributed by atoms with Crippen LogP contribution in [0.2, 0.25) is 0 Å². The van der Waals surface area contributed by atoms with Crippen molar-refractivity contribution in [1.29, 1.82) is 0 Å². The fourth-order valence-electron chi connectivity index (χ4n) is 1.29. The third kappa shape index (κ3) is 3.13. The molecule has 1 aromatic carbocycles. The van der Waals surface area contributed by atoms with Crippen molar-refractivity contribution in [3.63, 3.8) is 0 Å². The molecule has 1 N–H and O–H groups in total. The summed E-state index contributed by atoms with van der Waals surface area (Å²) in [4.78, 5) is 0. The molecular weight excluding hydrogens is 245 g/mol. The Hall–Kier alpha value is -1.21. The van der Waals surface area contributed by atoms with Crippen LogP contribution in [0, 0.1) is 0 Å². The molecule has 0 amide bonds. The fourth-order valence-corrected chi connectivity index (χ4v) is 1.29. The van der Waals surface area contributed by atoms with Gasteiger partial charge in [-0.3, -0.25) is 0 Å². The molecule has 1 aromatic rings. The van der Waals surface area contributed by atoms with Crippen LogP contribution in [0.4, 0.5) is 22.0 Å². The molecule has 0 saturated heterocycles. The lowest BCUT2D eigenvalue weighted by atomic mass is 10.0. The van der Waals surface area contributed by atoms with Gasteiger partial charge in [0.1, 0.15) is 0 Å². The molecule has 2 nitrogen and oxygen atoms in total. The van der Waals surface area contributed by atoms with Crippen LogP contribution in [-0.2, 0) is 12.5 Å². The fraction of sp³-hybridized carbons (Fsp3) is 0.400. The summed E-state index contributed by atoms with van der Waals surface area (Å²) < 4.78 is 62.3. The highest BCUT2D eigenvalue weighted by atomic mass is 19.4. The van der Waals surface area contributed by atoms with Crippen molar-refractivity contribution in [3.8, 4) is 0 Å². The van der Waals surface area contributed by atoms with E-state index >= 15 is 0 Å². The van der Waals surface area contributed by atoms with Crippen LogP contribution in [0.25, 0.3) is 0 Å². The highest BCUT2D eigenvalue weighted by molar-refractivity contribution is 5.27. The standard InChI is InChI=1S/C10H10F5NO/c1-16(17)6-7-3-2-4-8(5-7)9(11,12)10(13,14)15/h2-5,17H,6H2,1H3. The quantitative estimate of drug-likeness (QED) is 0.662. The first kappa shape index (κ1) is 13.9. The molecule has 0 saturated carbocycles. The van der Waals surface area contributed by atoms with E-state index in [1.54, 1.807) is 0 Å². The van der Waals surface area contributed by atoms with Crippen molar-refractivity contribution in [3.05, 3.63) is 35.4 Å². The largest absolute Gasteiger partial charge is 0.458 e. The van der Waals surface area contributed by atoms with Crippen LogP contribution in [0.15, 0.2) is 24.3 Å². The Bertz CT molecular complexity index is 389. The van der Waals surface area contributed by atoms with E-state index in [0.29, 0.717) is 11.1 Å². The number of nitrogens with zero attached hydrogens (tertiary/aromatic N) is 1. The van der Waals surface area contributed by atoms with Crippen molar-refractivity contribution < 1.29 is 27.2 Å². The Morgan fingerprint density at radius 2 is 1.76 bits per heavy atom. The molecule has 0 aliphatic carbocycles. The normalized spacial score (nSPS) is 13.2. The molecule has 0 aliphatic rings. The predicted octanol–water partition coefficient (Wildman–Crippen LogP) is 3.16.